The Hall–Kier alpha value is -2.01. The molecular weight excluding hydrogens is 339 g/mol. The monoisotopic (exact) mass is 353 g/mol. The predicted molar refractivity (Wildman–Crippen MR) is 87.5 cm³/mol. The summed E-state index contributed by atoms with van der Waals surface area (Å²) < 4.78 is 38.6. The molecule has 0 radical (unpaired) electrons. The Kier molecular flexibility index (Phi) is 4.54. The highest BCUT2D eigenvalue weighted by Gasteiger charge is 2.33. The van der Waals surface area contributed by atoms with Crippen molar-refractivity contribution in [2.45, 2.75) is 31.9 Å². The highest BCUT2D eigenvalue weighted by molar-refractivity contribution is 6.31. The second kappa shape index (κ2) is 6.48. The summed E-state index contributed by atoms with van der Waals surface area (Å²) in [5.74, 6) is -0.432. The van der Waals surface area contributed by atoms with Gasteiger partial charge in [-0.1, -0.05) is 17.7 Å². The van der Waals surface area contributed by atoms with Crippen molar-refractivity contribution in [3.63, 3.8) is 0 Å². The van der Waals surface area contributed by atoms with Gasteiger partial charge in [0.15, 0.2) is 0 Å². The fourth-order valence-corrected chi connectivity index (χ4v) is 3.12. The van der Waals surface area contributed by atoms with Gasteiger partial charge < -0.3 is 5.32 Å². The van der Waals surface area contributed by atoms with E-state index in [2.05, 4.69) is 5.32 Å². The molecule has 0 heterocycles. The summed E-state index contributed by atoms with van der Waals surface area (Å²) in [5, 5.41) is 2.11. The van der Waals surface area contributed by atoms with Gasteiger partial charge in [0.2, 0.25) is 0 Å². The molecule has 0 atom stereocenters. The SMILES string of the molecule is O=C(Nc1ccc(Cl)c(C(F)(F)F)c1)c1ccc2c(c1)CCCC2. The first kappa shape index (κ1) is 16.8. The van der Waals surface area contributed by atoms with Crippen LogP contribution >= 0.6 is 11.6 Å². The molecule has 0 saturated carbocycles. The average Bonchev–Trinajstić information content (AvgIpc) is 2.55. The fourth-order valence-electron chi connectivity index (χ4n) is 2.90. The molecule has 24 heavy (non-hydrogen) atoms. The van der Waals surface area contributed by atoms with Gasteiger partial charge in [-0.25, -0.2) is 0 Å². The van der Waals surface area contributed by atoms with E-state index in [1.807, 2.05) is 12.1 Å². The Bertz CT molecular complexity index is 786. The Morgan fingerprint density at radius 1 is 1.00 bits per heavy atom. The summed E-state index contributed by atoms with van der Waals surface area (Å²) in [7, 11) is 0. The van der Waals surface area contributed by atoms with E-state index >= 15 is 0 Å². The number of carbonyl (C=O) groups excluding carboxylic acids is 1. The van der Waals surface area contributed by atoms with E-state index in [4.69, 9.17) is 11.6 Å². The van der Waals surface area contributed by atoms with Gasteiger partial charge in [-0.3, -0.25) is 4.79 Å². The smallest absolute Gasteiger partial charge is 0.322 e. The summed E-state index contributed by atoms with van der Waals surface area (Å²) in [6, 6.07) is 8.79. The number of benzene rings is 2. The summed E-state index contributed by atoms with van der Waals surface area (Å²) in [4.78, 5) is 12.3. The number of fused-ring (bicyclic) bond motifs is 1. The molecule has 0 aromatic heterocycles. The number of carbonyl (C=O) groups is 1. The topological polar surface area (TPSA) is 29.1 Å². The Morgan fingerprint density at radius 2 is 1.71 bits per heavy atom. The van der Waals surface area contributed by atoms with Crippen LogP contribution in [0, 0.1) is 0 Å². The van der Waals surface area contributed by atoms with E-state index in [0.717, 1.165) is 43.4 Å². The number of nitrogens with one attached hydrogen (secondary N) is 1. The lowest BCUT2D eigenvalue weighted by molar-refractivity contribution is -0.137. The van der Waals surface area contributed by atoms with Gasteiger partial charge in [0.25, 0.3) is 5.91 Å². The molecule has 2 aromatic carbocycles. The number of anilines is 1. The Morgan fingerprint density at radius 3 is 2.42 bits per heavy atom. The molecule has 1 N–H and O–H groups in total. The van der Waals surface area contributed by atoms with E-state index < -0.39 is 22.7 Å². The van der Waals surface area contributed by atoms with Crippen molar-refractivity contribution in [2.75, 3.05) is 5.32 Å². The van der Waals surface area contributed by atoms with Gasteiger partial charge >= 0.3 is 6.18 Å². The molecule has 6 heteroatoms. The second-order valence-electron chi connectivity index (χ2n) is 5.84. The number of alkyl halides is 3. The lowest BCUT2D eigenvalue weighted by Gasteiger charge is -2.16. The maximum atomic E-state index is 12.9. The van der Waals surface area contributed by atoms with Crippen LogP contribution in [-0.2, 0) is 19.0 Å². The first-order valence-electron chi connectivity index (χ1n) is 7.64. The van der Waals surface area contributed by atoms with Crippen LogP contribution in [-0.4, -0.2) is 5.91 Å². The van der Waals surface area contributed by atoms with Gasteiger partial charge in [-0.2, -0.15) is 13.2 Å². The molecule has 1 amide bonds. The van der Waals surface area contributed by atoms with E-state index in [1.54, 1.807) is 6.07 Å². The molecule has 0 fully saturated rings. The van der Waals surface area contributed by atoms with Crippen LogP contribution in [0.3, 0.4) is 0 Å². The van der Waals surface area contributed by atoms with Crippen molar-refractivity contribution >= 4 is 23.2 Å². The van der Waals surface area contributed by atoms with Crippen LogP contribution in [0.15, 0.2) is 36.4 Å². The van der Waals surface area contributed by atoms with Gasteiger partial charge in [0.1, 0.15) is 0 Å². The lowest BCUT2D eigenvalue weighted by Crippen LogP contribution is -2.14. The predicted octanol–water partition coefficient (Wildman–Crippen LogP) is 5.49. The standard InChI is InChI=1S/C18H15ClF3NO/c19-16-8-7-14(10-15(16)18(20,21)22)23-17(24)13-6-5-11-3-1-2-4-12(11)9-13/h5-10H,1-4H2,(H,23,24). The molecule has 0 saturated heterocycles. The van der Waals surface area contributed by atoms with Crippen LogP contribution in [0.4, 0.5) is 18.9 Å². The quantitative estimate of drug-likeness (QED) is 0.760. The maximum absolute atomic E-state index is 12.9. The van der Waals surface area contributed by atoms with Crippen LogP contribution in [0.5, 0.6) is 0 Å². The molecule has 1 aliphatic rings. The summed E-state index contributed by atoms with van der Waals surface area (Å²) in [6.07, 6.45) is -0.406. The van der Waals surface area contributed by atoms with Crippen LogP contribution < -0.4 is 5.32 Å². The Balaban J connectivity index is 1.82. The molecule has 0 bridgehead atoms. The van der Waals surface area contributed by atoms with Crippen molar-refractivity contribution in [1.82, 2.24) is 0 Å². The highest BCUT2D eigenvalue weighted by atomic mass is 35.5. The van der Waals surface area contributed by atoms with Crippen molar-refractivity contribution in [1.29, 1.82) is 0 Å². The van der Waals surface area contributed by atoms with E-state index in [9.17, 15) is 18.0 Å². The summed E-state index contributed by atoms with van der Waals surface area (Å²) >= 11 is 5.58. The summed E-state index contributed by atoms with van der Waals surface area (Å²) in [5.41, 5.74) is 1.92. The minimum atomic E-state index is -4.57. The average molecular weight is 354 g/mol. The molecule has 3 rings (SSSR count). The van der Waals surface area contributed by atoms with Crippen molar-refractivity contribution in [3.05, 3.63) is 63.7 Å². The highest BCUT2D eigenvalue weighted by Crippen LogP contribution is 2.36. The van der Waals surface area contributed by atoms with Crippen LogP contribution in [0.1, 0.15) is 39.9 Å². The minimum Gasteiger partial charge on any atom is -0.322 e. The third-order valence-electron chi connectivity index (χ3n) is 4.14. The van der Waals surface area contributed by atoms with E-state index in [-0.39, 0.29) is 5.69 Å². The number of rotatable bonds is 2. The third-order valence-corrected chi connectivity index (χ3v) is 4.47. The molecule has 2 aromatic rings. The van der Waals surface area contributed by atoms with Gasteiger partial charge in [-0.15, -0.1) is 0 Å². The largest absolute Gasteiger partial charge is 0.417 e. The first-order chi connectivity index (χ1) is 11.3. The normalized spacial score (nSPS) is 14.2. The van der Waals surface area contributed by atoms with Crippen molar-refractivity contribution < 1.29 is 18.0 Å². The minimum absolute atomic E-state index is 0.0643. The fraction of sp³-hybridized carbons (Fsp3) is 0.278. The van der Waals surface area contributed by atoms with Gasteiger partial charge in [-0.05, 0) is 67.1 Å². The molecule has 1 aliphatic carbocycles. The molecule has 0 spiro atoms. The number of aryl methyl sites for hydroxylation is 2. The van der Waals surface area contributed by atoms with Gasteiger partial charge in [0, 0.05) is 11.3 Å². The van der Waals surface area contributed by atoms with Crippen LogP contribution in [0.2, 0.25) is 5.02 Å². The summed E-state index contributed by atoms with van der Waals surface area (Å²) in [6.45, 7) is 0. The zero-order valence-corrected chi connectivity index (χ0v) is 13.5. The van der Waals surface area contributed by atoms with E-state index in [1.165, 1.54) is 11.6 Å². The number of amides is 1. The second-order valence-corrected chi connectivity index (χ2v) is 6.24. The molecule has 0 aliphatic heterocycles. The molecule has 2 nitrogen and oxygen atoms in total. The molecule has 126 valence electrons. The number of halogens is 4. The number of hydrogen-bond acceptors (Lipinski definition) is 1. The Labute approximate surface area is 142 Å². The molecule has 0 unspecified atom stereocenters. The van der Waals surface area contributed by atoms with E-state index in [0.29, 0.717) is 5.56 Å². The molecular formula is C18H15ClF3NO. The zero-order chi connectivity index (χ0) is 17.3. The number of hydrogen-bond donors (Lipinski definition) is 1. The van der Waals surface area contributed by atoms with Crippen molar-refractivity contribution in [3.8, 4) is 0 Å². The maximum Gasteiger partial charge on any atom is 0.417 e. The van der Waals surface area contributed by atoms with Gasteiger partial charge in [0.05, 0.1) is 10.6 Å². The first-order valence-corrected chi connectivity index (χ1v) is 8.02. The third kappa shape index (κ3) is 3.56. The lowest BCUT2D eigenvalue weighted by atomic mass is 9.90. The zero-order valence-electron chi connectivity index (χ0n) is 12.7. The van der Waals surface area contributed by atoms with Crippen LogP contribution in [0.25, 0.3) is 0 Å². The van der Waals surface area contributed by atoms with Crippen molar-refractivity contribution in [2.24, 2.45) is 0 Å².